The van der Waals surface area contributed by atoms with Gasteiger partial charge in [-0.15, -0.1) is 0 Å². The van der Waals surface area contributed by atoms with Crippen molar-refractivity contribution in [2.24, 2.45) is 0 Å². The molecule has 138 valence electrons. The van der Waals surface area contributed by atoms with E-state index in [0.29, 0.717) is 12.2 Å². The number of benzene rings is 2. The lowest BCUT2D eigenvalue weighted by Gasteiger charge is -2.20. The molecule has 0 bridgehead atoms. The third-order valence-electron chi connectivity index (χ3n) is 4.63. The van der Waals surface area contributed by atoms with Crippen LogP contribution in [0.4, 0.5) is 0 Å². The highest BCUT2D eigenvalue weighted by Crippen LogP contribution is 2.34. The Morgan fingerprint density at radius 3 is 2.11 bits per heavy atom. The smallest absolute Gasteiger partial charge is 0.313 e. The van der Waals surface area contributed by atoms with E-state index in [0.717, 1.165) is 34.5 Å². The van der Waals surface area contributed by atoms with Gasteiger partial charge in [-0.2, -0.15) is 0 Å². The average Bonchev–Trinajstić information content (AvgIpc) is 2.72. The molecule has 4 nitrogen and oxygen atoms in total. The summed E-state index contributed by atoms with van der Waals surface area (Å²) in [5.41, 5.74) is 4.39. The van der Waals surface area contributed by atoms with Gasteiger partial charge in [-0.25, -0.2) is 9.97 Å². The molecule has 1 unspecified atom stereocenters. The number of esters is 1. The van der Waals surface area contributed by atoms with E-state index < -0.39 is 0 Å². The lowest BCUT2D eigenvalue weighted by atomic mass is 9.89. The molecular formula is C23H24N2O2. The van der Waals surface area contributed by atoms with E-state index in [4.69, 9.17) is 14.7 Å². The van der Waals surface area contributed by atoms with Crippen LogP contribution in [0.15, 0.2) is 60.7 Å². The highest BCUT2D eigenvalue weighted by molar-refractivity contribution is 5.82. The Balaban J connectivity index is 2.24. The lowest BCUT2D eigenvalue weighted by molar-refractivity contribution is -0.142. The van der Waals surface area contributed by atoms with Crippen LogP contribution < -0.4 is 0 Å². The molecule has 0 fully saturated rings. The SMILES string of the molecule is CCCC(C(=O)OC)c1c(C)nc(-c2ccccc2)nc1-c1ccccc1. The van der Waals surface area contributed by atoms with Gasteiger partial charge in [0.2, 0.25) is 0 Å². The maximum atomic E-state index is 12.5. The molecule has 1 aromatic heterocycles. The first-order valence-corrected chi connectivity index (χ1v) is 9.22. The Labute approximate surface area is 160 Å². The molecule has 0 amide bonds. The van der Waals surface area contributed by atoms with E-state index >= 15 is 0 Å². The molecule has 2 aromatic carbocycles. The van der Waals surface area contributed by atoms with Gasteiger partial charge in [0, 0.05) is 22.4 Å². The van der Waals surface area contributed by atoms with E-state index in [1.165, 1.54) is 7.11 Å². The van der Waals surface area contributed by atoms with Gasteiger partial charge in [0.05, 0.1) is 18.7 Å². The molecule has 0 spiro atoms. The molecule has 0 radical (unpaired) electrons. The summed E-state index contributed by atoms with van der Waals surface area (Å²) in [6.45, 7) is 4.01. The minimum atomic E-state index is -0.375. The molecule has 0 aliphatic rings. The summed E-state index contributed by atoms with van der Waals surface area (Å²) < 4.78 is 5.09. The van der Waals surface area contributed by atoms with Gasteiger partial charge in [0.1, 0.15) is 0 Å². The first kappa shape index (κ1) is 18.8. The zero-order valence-electron chi connectivity index (χ0n) is 16.0. The number of hydrogen-bond donors (Lipinski definition) is 0. The molecule has 0 N–H and O–H groups in total. The maximum Gasteiger partial charge on any atom is 0.313 e. The molecule has 0 aliphatic carbocycles. The molecule has 1 heterocycles. The largest absolute Gasteiger partial charge is 0.469 e. The Hall–Kier alpha value is -3.01. The fourth-order valence-electron chi connectivity index (χ4n) is 3.34. The van der Waals surface area contributed by atoms with Crippen LogP contribution in [0.2, 0.25) is 0 Å². The van der Waals surface area contributed by atoms with Crippen molar-refractivity contribution in [3.05, 3.63) is 71.9 Å². The highest BCUT2D eigenvalue weighted by atomic mass is 16.5. The first-order chi connectivity index (χ1) is 13.2. The van der Waals surface area contributed by atoms with Crippen molar-refractivity contribution in [2.45, 2.75) is 32.6 Å². The summed E-state index contributed by atoms with van der Waals surface area (Å²) in [4.78, 5) is 22.1. The van der Waals surface area contributed by atoms with Crippen LogP contribution in [0, 0.1) is 6.92 Å². The van der Waals surface area contributed by atoms with Crippen molar-refractivity contribution in [2.75, 3.05) is 7.11 Å². The van der Waals surface area contributed by atoms with Crippen molar-refractivity contribution >= 4 is 5.97 Å². The van der Waals surface area contributed by atoms with Crippen LogP contribution in [0.1, 0.15) is 36.9 Å². The summed E-state index contributed by atoms with van der Waals surface area (Å²) in [5, 5.41) is 0. The Kier molecular flexibility index (Phi) is 5.97. The van der Waals surface area contributed by atoms with Crippen LogP contribution in [0.25, 0.3) is 22.6 Å². The van der Waals surface area contributed by atoms with Crippen LogP contribution >= 0.6 is 0 Å². The van der Waals surface area contributed by atoms with Crippen LogP contribution in [0.5, 0.6) is 0 Å². The summed E-state index contributed by atoms with van der Waals surface area (Å²) in [5.74, 6) is 0.0454. The van der Waals surface area contributed by atoms with Crippen molar-refractivity contribution in [1.29, 1.82) is 0 Å². The first-order valence-electron chi connectivity index (χ1n) is 9.22. The summed E-state index contributed by atoms with van der Waals surface area (Å²) >= 11 is 0. The number of carbonyl (C=O) groups excluding carboxylic acids is 1. The van der Waals surface area contributed by atoms with Gasteiger partial charge in [0.15, 0.2) is 5.82 Å². The van der Waals surface area contributed by atoms with Crippen LogP contribution in [-0.2, 0) is 9.53 Å². The number of carbonyl (C=O) groups is 1. The van der Waals surface area contributed by atoms with E-state index in [1.807, 2.05) is 67.6 Å². The Bertz CT molecular complexity index is 908. The number of methoxy groups -OCH3 is 1. The normalized spacial score (nSPS) is 11.8. The maximum absolute atomic E-state index is 12.5. The molecule has 27 heavy (non-hydrogen) atoms. The molecule has 3 rings (SSSR count). The van der Waals surface area contributed by atoms with Crippen molar-refractivity contribution < 1.29 is 9.53 Å². The minimum Gasteiger partial charge on any atom is -0.469 e. The number of nitrogens with zero attached hydrogens (tertiary/aromatic N) is 2. The number of aryl methyl sites for hydroxylation is 1. The van der Waals surface area contributed by atoms with Gasteiger partial charge in [-0.3, -0.25) is 4.79 Å². The molecular weight excluding hydrogens is 336 g/mol. The monoisotopic (exact) mass is 360 g/mol. The fourth-order valence-corrected chi connectivity index (χ4v) is 3.34. The van der Waals surface area contributed by atoms with Gasteiger partial charge in [0.25, 0.3) is 0 Å². The Morgan fingerprint density at radius 1 is 0.963 bits per heavy atom. The fraction of sp³-hybridized carbons (Fsp3) is 0.261. The zero-order chi connectivity index (χ0) is 19.2. The molecule has 0 saturated carbocycles. The van der Waals surface area contributed by atoms with Crippen molar-refractivity contribution in [3.8, 4) is 22.6 Å². The standard InChI is InChI=1S/C23H24N2O2/c1-4-11-19(23(26)27-3)20-16(2)24-22(18-14-9-6-10-15-18)25-21(20)17-12-7-5-8-13-17/h5-10,12-15,19H,4,11H2,1-3H3. The quantitative estimate of drug-likeness (QED) is 0.569. The average molecular weight is 360 g/mol. The molecule has 3 aromatic rings. The summed E-state index contributed by atoms with van der Waals surface area (Å²) in [6.07, 6.45) is 1.56. The second-order valence-electron chi connectivity index (χ2n) is 6.49. The second kappa shape index (κ2) is 8.58. The van der Waals surface area contributed by atoms with E-state index in [1.54, 1.807) is 0 Å². The summed E-state index contributed by atoms with van der Waals surface area (Å²) in [6, 6.07) is 19.9. The zero-order valence-corrected chi connectivity index (χ0v) is 16.0. The lowest BCUT2D eigenvalue weighted by Crippen LogP contribution is -2.18. The predicted molar refractivity (Wildman–Crippen MR) is 107 cm³/mol. The van der Waals surface area contributed by atoms with Crippen molar-refractivity contribution in [1.82, 2.24) is 9.97 Å². The predicted octanol–water partition coefficient (Wildman–Crippen LogP) is 5.18. The van der Waals surface area contributed by atoms with Gasteiger partial charge in [-0.1, -0.05) is 74.0 Å². The van der Waals surface area contributed by atoms with E-state index in [-0.39, 0.29) is 11.9 Å². The van der Waals surface area contributed by atoms with Gasteiger partial charge >= 0.3 is 5.97 Å². The molecule has 1 atom stereocenters. The number of rotatable bonds is 6. The highest BCUT2D eigenvalue weighted by Gasteiger charge is 2.28. The number of hydrogen-bond acceptors (Lipinski definition) is 4. The third-order valence-corrected chi connectivity index (χ3v) is 4.63. The van der Waals surface area contributed by atoms with E-state index in [2.05, 4.69) is 6.92 Å². The number of ether oxygens (including phenoxy) is 1. The van der Waals surface area contributed by atoms with E-state index in [9.17, 15) is 4.79 Å². The molecule has 0 saturated heterocycles. The summed E-state index contributed by atoms with van der Waals surface area (Å²) in [7, 11) is 1.43. The second-order valence-corrected chi connectivity index (χ2v) is 6.49. The van der Waals surface area contributed by atoms with Crippen molar-refractivity contribution in [3.63, 3.8) is 0 Å². The number of aromatic nitrogens is 2. The van der Waals surface area contributed by atoms with Gasteiger partial charge < -0.3 is 4.74 Å². The molecule has 4 heteroatoms. The topological polar surface area (TPSA) is 52.1 Å². The van der Waals surface area contributed by atoms with Gasteiger partial charge in [-0.05, 0) is 13.3 Å². The van der Waals surface area contributed by atoms with Crippen LogP contribution in [0.3, 0.4) is 0 Å². The van der Waals surface area contributed by atoms with Crippen LogP contribution in [-0.4, -0.2) is 23.0 Å². The Morgan fingerprint density at radius 2 is 1.56 bits per heavy atom. The third kappa shape index (κ3) is 4.05. The minimum absolute atomic E-state index is 0.242. The molecule has 0 aliphatic heterocycles.